The van der Waals surface area contributed by atoms with Crippen LogP contribution in [0.1, 0.15) is 19.4 Å². The van der Waals surface area contributed by atoms with Gasteiger partial charge < -0.3 is 36.9 Å². The van der Waals surface area contributed by atoms with Gasteiger partial charge in [0.2, 0.25) is 17.7 Å². The van der Waals surface area contributed by atoms with Gasteiger partial charge in [-0.1, -0.05) is 32.0 Å². The molecular weight excluding hydrogens is 418 g/mol. The van der Waals surface area contributed by atoms with Crippen LogP contribution in [0.3, 0.4) is 0 Å². The molecule has 3 amide bonds. The summed E-state index contributed by atoms with van der Waals surface area (Å²) in [5, 5.41) is 26.4. The number of aliphatic hydroxyl groups excluding tert-OH is 1. The van der Waals surface area contributed by atoms with Crippen LogP contribution in [0.25, 0.3) is 10.9 Å². The van der Waals surface area contributed by atoms with Crippen molar-refractivity contribution < 1.29 is 29.4 Å². The summed E-state index contributed by atoms with van der Waals surface area (Å²) < 4.78 is 0. The fraction of sp³-hybridized carbons (Fsp3) is 0.429. The van der Waals surface area contributed by atoms with E-state index in [4.69, 9.17) is 10.8 Å². The number of aliphatic hydroxyl groups is 1. The Hall–Kier alpha value is -3.44. The van der Waals surface area contributed by atoms with Gasteiger partial charge in [0, 0.05) is 17.1 Å². The molecule has 1 aromatic heterocycles. The highest BCUT2D eigenvalue weighted by Crippen LogP contribution is 2.18. The zero-order valence-corrected chi connectivity index (χ0v) is 17.9. The summed E-state index contributed by atoms with van der Waals surface area (Å²) in [4.78, 5) is 50.9. The second-order valence-electron chi connectivity index (χ2n) is 7.76. The second kappa shape index (κ2) is 11.3. The van der Waals surface area contributed by atoms with Crippen molar-refractivity contribution >= 4 is 34.6 Å². The van der Waals surface area contributed by atoms with E-state index in [9.17, 15) is 24.3 Å². The predicted molar refractivity (Wildman–Crippen MR) is 116 cm³/mol. The van der Waals surface area contributed by atoms with Crippen molar-refractivity contribution in [2.24, 2.45) is 11.7 Å². The van der Waals surface area contributed by atoms with Gasteiger partial charge in [-0.15, -0.1) is 0 Å². The number of benzene rings is 1. The number of carboxylic acids is 1. The molecule has 0 spiro atoms. The molecule has 0 saturated heterocycles. The molecule has 3 unspecified atom stereocenters. The van der Waals surface area contributed by atoms with Gasteiger partial charge in [-0.3, -0.25) is 14.4 Å². The highest BCUT2D eigenvalue weighted by Gasteiger charge is 2.26. The Morgan fingerprint density at radius 3 is 2.41 bits per heavy atom. The summed E-state index contributed by atoms with van der Waals surface area (Å²) in [5.41, 5.74) is 7.72. The molecule has 1 aromatic carbocycles. The number of carboxylic acid groups (broad SMARTS) is 1. The van der Waals surface area contributed by atoms with E-state index in [1.54, 1.807) is 20.0 Å². The zero-order valence-electron chi connectivity index (χ0n) is 17.9. The van der Waals surface area contributed by atoms with Crippen LogP contribution >= 0.6 is 0 Å². The van der Waals surface area contributed by atoms with Crippen LogP contribution in [0, 0.1) is 5.92 Å². The van der Waals surface area contributed by atoms with Crippen LogP contribution in [0.5, 0.6) is 0 Å². The third-order valence-electron chi connectivity index (χ3n) is 4.94. The Morgan fingerprint density at radius 1 is 1.09 bits per heavy atom. The minimum absolute atomic E-state index is 0.212. The standard InChI is InChI=1S/C21H29N5O6/c1-11(2)18(21(31)32)26-17(28)9-24-20(30)16(10-27)25-19(29)14(22)7-12-8-23-15-6-4-3-5-13(12)15/h3-6,8,11,14,16,18,23,27H,7,9-10,22H2,1-2H3,(H,24,30)(H,25,29)(H,26,28)(H,31,32). The Kier molecular flexibility index (Phi) is 8.73. The van der Waals surface area contributed by atoms with Crippen LogP contribution in [-0.2, 0) is 25.6 Å². The SMILES string of the molecule is CC(C)C(NC(=O)CNC(=O)C(CO)NC(=O)C(N)Cc1c[nH]c2ccccc12)C(=O)O. The lowest BCUT2D eigenvalue weighted by Gasteiger charge is -2.20. The number of amides is 3. The monoisotopic (exact) mass is 447 g/mol. The molecule has 0 fully saturated rings. The number of nitrogens with one attached hydrogen (secondary N) is 4. The van der Waals surface area contributed by atoms with E-state index in [0.717, 1.165) is 16.5 Å². The maximum atomic E-state index is 12.4. The van der Waals surface area contributed by atoms with Gasteiger partial charge in [-0.2, -0.15) is 0 Å². The summed E-state index contributed by atoms with van der Waals surface area (Å²) in [6.45, 7) is 2.05. The smallest absolute Gasteiger partial charge is 0.326 e. The molecule has 0 aliphatic heterocycles. The molecule has 1 heterocycles. The van der Waals surface area contributed by atoms with Crippen LogP contribution in [0.2, 0.25) is 0 Å². The summed E-state index contributed by atoms with van der Waals surface area (Å²) in [6, 6.07) is 4.15. The van der Waals surface area contributed by atoms with Gasteiger partial charge in [0.1, 0.15) is 12.1 Å². The van der Waals surface area contributed by atoms with Crippen molar-refractivity contribution in [2.45, 2.75) is 38.4 Å². The van der Waals surface area contributed by atoms with Gasteiger partial charge in [0.15, 0.2) is 0 Å². The minimum Gasteiger partial charge on any atom is -0.480 e. The molecule has 0 saturated carbocycles. The average Bonchev–Trinajstić information content (AvgIpc) is 3.16. The Labute approximate surface area is 184 Å². The molecule has 0 radical (unpaired) electrons. The topological polar surface area (TPSA) is 187 Å². The van der Waals surface area contributed by atoms with E-state index in [2.05, 4.69) is 20.9 Å². The first-order valence-corrected chi connectivity index (χ1v) is 10.2. The number of aromatic nitrogens is 1. The third-order valence-corrected chi connectivity index (χ3v) is 4.94. The average molecular weight is 447 g/mol. The van der Waals surface area contributed by atoms with Crippen molar-refractivity contribution in [2.75, 3.05) is 13.2 Å². The molecule has 0 aliphatic carbocycles. The number of aromatic amines is 1. The highest BCUT2D eigenvalue weighted by molar-refractivity contribution is 5.93. The molecule has 32 heavy (non-hydrogen) atoms. The highest BCUT2D eigenvalue weighted by atomic mass is 16.4. The molecule has 11 nitrogen and oxygen atoms in total. The number of nitrogens with two attached hydrogens (primary N) is 1. The molecule has 0 aliphatic rings. The zero-order chi connectivity index (χ0) is 23.8. The maximum Gasteiger partial charge on any atom is 0.326 e. The molecule has 2 aromatic rings. The van der Waals surface area contributed by atoms with Crippen molar-refractivity contribution in [1.29, 1.82) is 0 Å². The fourth-order valence-corrected chi connectivity index (χ4v) is 3.13. The number of aliphatic carboxylic acids is 1. The summed E-state index contributed by atoms with van der Waals surface area (Å²) in [5.74, 6) is -3.69. The molecule has 2 rings (SSSR count). The second-order valence-corrected chi connectivity index (χ2v) is 7.76. The van der Waals surface area contributed by atoms with Gasteiger partial charge in [0.05, 0.1) is 19.2 Å². The van der Waals surface area contributed by atoms with Crippen molar-refractivity contribution in [1.82, 2.24) is 20.9 Å². The molecule has 3 atom stereocenters. The van der Waals surface area contributed by atoms with Crippen molar-refractivity contribution in [3.05, 3.63) is 36.0 Å². The lowest BCUT2D eigenvalue weighted by Crippen LogP contribution is -2.55. The first kappa shape index (κ1) is 24.8. The lowest BCUT2D eigenvalue weighted by molar-refractivity contribution is -0.143. The van der Waals surface area contributed by atoms with Crippen LogP contribution < -0.4 is 21.7 Å². The van der Waals surface area contributed by atoms with E-state index in [-0.39, 0.29) is 12.3 Å². The lowest BCUT2D eigenvalue weighted by atomic mass is 10.0. The minimum atomic E-state index is -1.32. The number of carbonyl (C=O) groups excluding carboxylic acids is 3. The number of carbonyl (C=O) groups is 4. The molecule has 11 heteroatoms. The summed E-state index contributed by atoms with van der Waals surface area (Å²) >= 11 is 0. The van der Waals surface area contributed by atoms with Crippen LogP contribution in [0.15, 0.2) is 30.5 Å². The van der Waals surface area contributed by atoms with Crippen LogP contribution in [-0.4, -0.2) is 70.2 Å². The van der Waals surface area contributed by atoms with Crippen molar-refractivity contribution in [3.8, 4) is 0 Å². The predicted octanol–water partition coefficient (Wildman–Crippen LogP) is -1.14. The van der Waals surface area contributed by atoms with Crippen molar-refractivity contribution in [3.63, 3.8) is 0 Å². The number of hydrogen-bond acceptors (Lipinski definition) is 6. The fourth-order valence-electron chi connectivity index (χ4n) is 3.13. The maximum absolute atomic E-state index is 12.4. The third kappa shape index (κ3) is 6.53. The molecule has 174 valence electrons. The Morgan fingerprint density at radius 2 is 1.78 bits per heavy atom. The quantitative estimate of drug-likeness (QED) is 0.227. The van der Waals surface area contributed by atoms with Gasteiger partial charge in [-0.25, -0.2) is 4.79 Å². The summed E-state index contributed by atoms with van der Waals surface area (Å²) in [7, 11) is 0. The number of fused-ring (bicyclic) bond motifs is 1. The molecule has 0 bridgehead atoms. The first-order valence-electron chi connectivity index (χ1n) is 10.2. The Bertz CT molecular complexity index is 972. The van der Waals surface area contributed by atoms with Gasteiger partial charge in [-0.05, 0) is 24.0 Å². The van der Waals surface area contributed by atoms with E-state index in [1.165, 1.54) is 0 Å². The number of para-hydroxylation sites is 1. The molecule has 8 N–H and O–H groups in total. The normalized spacial score (nSPS) is 13.9. The largest absolute Gasteiger partial charge is 0.480 e. The molecular formula is C21H29N5O6. The number of H-pyrrole nitrogens is 1. The van der Waals surface area contributed by atoms with Gasteiger partial charge >= 0.3 is 5.97 Å². The number of hydrogen-bond donors (Lipinski definition) is 7. The van der Waals surface area contributed by atoms with E-state index >= 15 is 0 Å². The summed E-state index contributed by atoms with van der Waals surface area (Å²) in [6.07, 6.45) is 1.97. The number of rotatable bonds is 11. The first-order chi connectivity index (χ1) is 15.1. The van der Waals surface area contributed by atoms with E-state index < -0.39 is 55.0 Å². The van der Waals surface area contributed by atoms with Crippen LogP contribution in [0.4, 0.5) is 0 Å². The van der Waals surface area contributed by atoms with E-state index in [1.807, 2.05) is 24.3 Å². The van der Waals surface area contributed by atoms with E-state index in [0.29, 0.717) is 0 Å². The Balaban J connectivity index is 1.88. The van der Waals surface area contributed by atoms with Gasteiger partial charge in [0.25, 0.3) is 0 Å².